The minimum atomic E-state index is 0.669. The molecule has 0 atom stereocenters. The summed E-state index contributed by atoms with van der Waals surface area (Å²) >= 11 is 0. The maximum atomic E-state index is 10.3. The van der Waals surface area contributed by atoms with Crippen molar-refractivity contribution in [3.63, 3.8) is 0 Å². The van der Waals surface area contributed by atoms with Crippen molar-refractivity contribution < 1.29 is 4.79 Å². The third-order valence-electron chi connectivity index (χ3n) is 1.91. The molecule has 0 spiro atoms. The van der Waals surface area contributed by atoms with Gasteiger partial charge < -0.3 is 0 Å². The Morgan fingerprint density at radius 2 is 1.79 bits per heavy atom. The predicted molar refractivity (Wildman–Crippen MR) is 61.3 cm³/mol. The van der Waals surface area contributed by atoms with Gasteiger partial charge in [0.05, 0.1) is 0 Å². The van der Waals surface area contributed by atoms with Crippen LogP contribution >= 0.6 is 0 Å². The molecule has 0 N–H and O–H groups in total. The first-order valence-electron chi connectivity index (χ1n) is 4.81. The van der Waals surface area contributed by atoms with Crippen molar-refractivity contribution in [3.05, 3.63) is 37.5 Å². The minimum Gasteiger partial charge on any atom is -0.298 e. The highest BCUT2D eigenvalue weighted by Crippen LogP contribution is 2.01. The third kappa shape index (κ3) is 6.38. The first kappa shape index (κ1) is 12.8. The van der Waals surface area contributed by atoms with Crippen LogP contribution in [0.3, 0.4) is 0 Å². The second kappa shape index (κ2) is 8.45. The van der Waals surface area contributed by atoms with Crippen LogP contribution in [0.25, 0.3) is 0 Å². The average Bonchev–Trinajstić information content (AvgIpc) is 2.18. The number of carbonyl (C=O) groups is 1. The number of aldehydes is 1. The Morgan fingerprint density at radius 3 is 2.21 bits per heavy atom. The largest absolute Gasteiger partial charge is 0.298 e. The average molecular weight is 193 g/mol. The fourth-order valence-electron chi connectivity index (χ4n) is 1.21. The van der Waals surface area contributed by atoms with Crippen molar-refractivity contribution in [2.45, 2.75) is 12.8 Å². The van der Waals surface area contributed by atoms with Crippen molar-refractivity contribution >= 4 is 6.29 Å². The van der Waals surface area contributed by atoms with Gasteiger partial charge in [0.15, 0.2) is 0 Å². The fourth-order valence-corrected chi connectivity index (χ4v) is 1.21. The summed E-state index contributed by atoms with van der Waals surface area (Å²) in [6, 6.07) is 0. The van der Waals surface area contributed by atoms with Crippen molar-refractivity contribution in [3.8, 4) is 0 Å². The molecule has 0 aliphatic heterocycles. The maximum absolute atomic E-state index is 10.3. The van der Waals surface area contributed by atoms with Crippen LogP contribution in [0.5, 0.6) is 0 Å². The molecule has 0 rings (SSSR count). The zero-order valence-corrected chi connectivity index (χ0v) is 8.74. The van der Waals surface area contributed by atoms with Gasteiger partial charge in [0.25, 0.3) is 0 Å². The molecule has 0 amide bonds. The topological polar surface area (TPSA) is 20.3 Å². The highest BCUT2D eigenvalue weighted by atomic mass is 16.1. The molecule has 14 heavy (non-hydrogen) atoms. The van der Waals surface area contributed by atoms with Crippen LogP contribution in [0.4, 0.5) is 0 Å². The molecule has 0 aromatic rings. The quantitative estimate of drug-likeness (QED) is 0.318. The van der Waals surface area contributed by atoms with Crippen molar-refractivity contribution in [1.82, 2.24) is 4.90 Å². The minimum absolute atomic E-state index is 0.669. The van der Waals surface area contributed by atoms with Gasteiger partial charge in [0.1, 0.15) is 6.29 Å². The fraction of sp³-hybridized carbons (Fsp3) is 0.417. The van der Waals surface area contributed by atoms with Gasteiger partial charge in [-0.3, -0.25) is 9.69 Å². The lowest BCUT2D eigenvalue weighted by atomic mass is 10.2. The van der Waals surface area contributed by atoms with E-state index in [-0.39, 0.29) is 0 Å². The van der Waals surface area contributed by atoms with Crippen molar-refractivity contribution in [2.24, 2.45) is 0 Å². The number of allylic oxidation sites excluding steroid dienone is 1. The molecule has 0 radical (unpaired) electrons. The molecule has 2 heteroatoms. The summed E-state index contributed by atoms with van der Waals surface area (Å²) < 4.78 is 0. The number of hydrogen-bond acceptors (Lipinski definition) is 2. The SMILES string of the molecule is C=CCN(CC=C)CCCC(=C)C=O. The molecule has 0 aliphatic rings. The van der Waals surface area contributed by atoms with Gasteiger partial charge in [-0.05, 0) is 25.0 Å². The summed E-state index contributed by atoms with van der Waals surface area (Å²) in [5, 5.41) is 0. The van der Waals surface area contributed by atoms with Crippen LogP contribution in [-0.2, 0) is 4.79 Å². The van der Waals surface area contributed by atoms with E-state index in [4.69, 9.17) is 0 Å². The van der Waals surface area contributed by atoms with E-state index in [0.29, 0.717) is 5.57 Å². The lowest BCUT2D eigenvalue weighted by Crippen LogP contribution is -2.25. The van der Waals surface area contributed by atoms with Gasteiger partial charge in [0, 0.05) is 13.1 Å². The molecule has 78 valence electrons. The van der Waals surface area contributed by atoms with Crippen LogP contribution in [0, 0.1) is 0 Å². The van der Waals surface area contributed by atoms with Crippen LogP contribution < -0.4 is 0 Å². The Morgan fingerprint density at radius 1 is 1.21 bits per heavy atom. The van der Waals surface area contributed by atoms with Gasteiger partial charge in [-0.2, -0.15) is 0 Å². The van der Waals surface area contributed by atoms with Crippen LogP contribution in [0.15, 0.2) is 37.5 Å². The standard InChI is InChI=1S/C12H19NO/c1-4-8-13(9-5-2)10-6-7-12(3)11-14/h4-5,11H,1-3,6-10H2. The Bertz CT molecular complexity index is 198. The Labute approximate surface area is 86.6 Å². The van der Waals surface area contributed by atoms with Gasteiger partial charge in [0.2, 0.25) is 0 Å². The van der Waals surface area contributed by atoms with E-state index in [1.54, 1.807) is 0 Å². The summed E-state index contributed by atoms with van der Waals surface area (Å²) in [7, 11) is 0. The second-order valence-electron chi connectivity index (χ2n) is 3.22. The van der Waals surface area contributed by atoms with Gasteiger partial charge >= 0.3 is 0 Å². The summed E-state index contributed by atoms with van der Waals surface area (Å²) in [4.78, 5) is 12.5. The van der Waals surface area contributed by atoms with Gasteiger partial charge in [-0.15, -0.1) is 13.2 Å². The number of carbonyl (C=O) groups excluding carboxylic acids is 1. The molecule has 0 aromatic heterocycles. The lowest BCUT2D eigenvalue weighted by Gasteiger charge is -2.18. The predicted octanol–water partition coefficient (Wildman–Crippen LogP) is 2.20. The smallest absolute Gasteiger partial charge is 0.145 e. The Kier molecular flexibility index (Phi) is 7.75. The highest BCUT2D eigenvalue weighted by Gasteiger charge is 2.00. The zero-order chi connectivity index (χ0) is 10.8. The van der Waals surface area contributed by atoms with E-state index in [2.05, 4.69) is 24.6 Å². The third-order valence-corrected chi connectivity index (χ3v) is 1.91. The van der Waals surface area contributed by atoms with E-state index in [1.165, 1.54) is 0 Å². The van der Waals surface area contributed by atoms with E-state index >= 15 is 0 Å². The first-order chi connectivity index (χ1) is 6.74. The molecule has 0 saturated carbocycles. The summed E-state index contributed by atoms with van der Waals surface area (Å²) in [5.74, 6) is 0. The Hall–Kier alpha value is -1.15. The molecule has 0 bridgehead atoms. The molecule has 0 heterocycles. The molecule has 2 nitrogen and oxygen atoms in total. The van der Waals surface area contributed by atoms with Crippen LogP contribution in [0.1, 0.15) is 12.8 Å². The van der Waals surface area contributed by atoms with E-state index < -0.39 is 0 Å². The van der Waals surface area contributed by atoms with Crippen LogP contribution in [-0.4, -0.2) is 30.8 Å². The molecule has 0 unspecified atom stereocenters. The normalized spacial score (nSPS) is 9.79. The summed E-state index contributed by atoms with van der Waals surface area (Å²) in [6.07, 6.45) is 6.30. The lowest BCUT2D eigenvalue weighted by molar-refractivity contribution is -0.105. The molecule has 0 fully saturated rings. The van der Waals surface area contributed by atoms with Crippen molar-refractivity contribution in [1.29, 1.82) is 0 Å². The molecule has 0 aromatic carbocycles. The molecule has 0 saturated heterocycles. The summed E-state index contributed by atoms with van der Waals surface area (Å²) in [5.41, 5.74) is 0.669. The van der Waals surface area contributed by atoms with E-state index in [1.807, 2.05) is 12.2 Å². The highest BCUT2D eigenvalue weighted by molar-refractivity contribution is 5.71. The molecule has 0 aliphatic carbocycles. The first-order valence-corrected chi connectivity index (χ1v) is 4.81. The number of hydrogen-bond donors (Lipinski definition) is 0. The van der Waals surface area contributed by atoms with Crippen LogP contribution in [0.2, 0.25) is 0 Å². The number of rotatable bonds is 9. The molecular formula is C12H19NO. The van der Waals surface area contributed by atoms with Gasteiger partial charge in [-0.1, -0.05) is 18.7 Å². The summed E-state index contributed by atoms with van der Waals surface area (Å²) in [6.45, 7) is 13.7. The van der Waals surface area contributed by atoms with Gasteiger partial charge in [-0.25, -0.2) is 0 Å². The second-order valence-corrected chi connectivity index (χ2v) is 3.22. The van der Waals surface area contributed by atoms with E-state index in [0.717, 1.165) is 38.8 Å². The monoisotopic (exact) mass is 193 g/mol. The Balaban J connectivity index is 3.69. The maximum Gasteiger partial charge on any atom is 0.145 e. The van der Waals surface area contributed by atoms with Crippen molar-refractivity contribution in [2.75, 3.05) is 19.6 Å². The molecular weight excluding hydrogens is 174 g/mol. The zero-order valence-electron chi connectivity index (χ0n) is 8.74. The van der Waals surface area contributed by atoms with E-state index in [9.17, 15) is 4.79 Å². The number of nitrogens with zero attached hydrogens (tertiary/aromatic N) is 1.